The molecule has 6 nitrogen and oxygen atoms in total. The molecule has 0 aliphatic carbocycles. The number of nitrogens with one attached hydrogen (secondary N) is 1. The second-order valence-corrected chi connectivity index (χ2v) is 4.30. The molecular weight excluding hydrogens is 258 g/mol. The average molecular weight is 271 g/mol. The summed E-state index contributed by atoms with van der Waals surface area (Å²) in [5.74, 6) is -0.439. The Bertz CT molecular complexity index is 683. The number of hydrogen-bond donors (Lipinski definition) is 2. The molecular formula is C14H13N3O3. The molecule has 2 aromatic carbocycles. The number of nitrogen functional groups attached to an aromatic ring is 1. The predicted octanol–water partition coefficient (Wildman–Crippen LogP) is 2.74. The Morgan fingerprint density at radius 2 is 1.95 bits per heavy atom. The molecule has 0 saturated carbocycles. The van der Waals surface area contributed by atoms with Crippen LogP contribution in [0.5, 0.6) is 0 Å². The molecule has 0 aliphatic heterocycles. The third-order valence-electron chi connectivity index (χ3n) is 2.89. The van der Waals surface area contributed by atoms with Crippen LogP contribution >= 0.6 is 0 Å². The standard InChI is InChI=1S/C14H13N3O3/c1-9-6-7-10(8-11(9)15)14(18)16-12-4-2-3-5-13(12)17(19)20/h2-8H,15H2,1H3,(H,16,18). The van der Waals surface area contributed by atoms with E-state index in [0.29, 0.717) is 11.3 Å². The summed E-state index contributed by atoms with van der Waals surface area (Å²) in [6.07, 6.45) is 0. The lowest BCUT2D eigenvalue weighted by Crippen LogP contribution is -2.13. The minimum Gasteiger partial charge on any atom is -0.398 e. The number of carbonyl (C=O) groups is 1. The van der Waals surface area contributed by atoms with Crippen LogP contribution in [0.25, 0.3) is 0 Å². The average Bonchev–Trinajstić information content (AvgIpc) is 2.42. The third-order valence-corrected chi connectivity index (χ3v) is 2.89. The summed E-state index contributed by atoms with van der Waals surface area (Å²) in [4.78, 5) is 22.4. The van der Waals surface area contributed by atoms with Crippen LogP contribution in [0.15, 0.2) is 42.5 Å². The van der Waals surface area contributed by atoms with Crippen LogP contribution in [0.4, 0.5) is 17.1 Å². The van der Waals surface area contributed by atoms with Gasteiger partial charge in [-0.25, -0.2) is 0 Å². The summed E-state index contributed by atoms with van der Waals surface area (Å²) >= 11 is 0. The highest BCUT2D eigenvalue weighted by atomic mass is 16.6. The van der Waals surface area contributed by atoms with Crippen molar-refractivity contribution in [2.75, 3.05) is 11.1 Å². The third kappa shape index (κ3) is 2.74. The van der Waals surface area contributed by atoms with E-state index in [0.717, 1.165) is 5.56 Å². The van der Waals surface area contributed by atoms with Crippen molar-refractivity contribution in [3.8, 4) is 0 Å². The summed E-state index contributed by atoms with van der Waals surface area (Å²) in [5.41, 5.74) is 7.47. The first-order valence-electron chi connectivity index (χ1n) is 5.90. The number of anilines is 2. The van der Waals surface area contributed by atoms with E-state index in [2.05, 4.69) is 5.32 Å². The van der Waals surface area contributed by atoms with Gasteiger partial charge in [0.15, 0.2) is 0 Å². The molecule has 0 spiro atoms. The predicted molar refractivity (Wildman–Crippen MR) is 76.6 cm³/mol. The maximum absolute atomic E-state index is 12.1. The lowest BCUT2D eigenvalue weighted by Gasteiger charge is -2.07. The van der Waals surface area contributed by atoms with Crippen molar-refractivity contribution in [2.45, 2.75) is 6.92 Å². The maximum Gasteiger partial charge on any atom is 0.292 e. The summed E-state index contributed by atoms with van der Waals surface area (Å²) in [5, 5.41) is 13.4. The van der Waals surface area contributed by atoms with E-state index in [9.17, 15) is 14.9 Å². The van der Waals surface area contributed by atoms with Gasteiger partial charge in [0.2, 0.25) is 0 Å². The minimum atomic E-state index is -0.543. The van der Waals surface area contributed by atoms with Crippen molar-refractivity contribution in [3.63, 3.8) is 0 Å². The molecule has 0 bridgehead atoms. The number of nitrogens with zero attached hydrogens (tertiary/aromatic N) is 1. The Morgan fingerprint density at radius 3 is 2.60 bits per heavy atom. The normalized spacial score (nSPS) is 10.1. The molecule has 0 aliphatic rings. The Balaban J connectivity index is 2.28. The number of para-hydroxylation sites is 2. The zero-order valence-corrected chi connectivity index (χ0v) is 10.8. The van der Waals surface area contributed by atoms with Crippen molar-refractivity contribution < 1.29 is 9.72 Å². The molecule has 0 radical (unpaired) electrons. The fourth-order valence-corrected chi connectivity index (χ4v) is 1.71. The number of aryl methyl sites for hydroxylation is 1. The van der Waals surface area contributed by atoms with E-state index in [1.54, 1.807) is 24.3 Å². The molecule has 0 fully saturated rings. The van der Waals surface area contributed by atoms with E-state index in [-0.39, 0.29) is 11.4 Å². The first kappa shape index (κ1) is 13.5. The van der Waals surface area contributed by atoms with Crippen LogP contribution in [-0.4, -0.2) is 10.8 Å². The molecule has 3 N–H and O–H groups in total. The number of benzene rings is 2. The molecule has 20 heavy (non-hydrogen) atoms. The van der Waals surface area contributed by atoms with Crippen LogP contribution in [0.3, 0.4) is 0 Å². The Kier molecular flexibility index (Phi) is 3.65. The van der Waals surface area contributed by atoms with Gasteiger partial charge in [-0.15, -0.1) is 0 Å². The van der Waals surface area contributed by atoms with E-state index in [1.807, 2.05) is 6.92 Å². The van der Waals surface area contributed by atoms with Crippen LogP contribution in [0.2, 0.25) is 0 Å². The molecule has 0 unspecified atom stereocenters. The quantitative estimate of drug-likeness (QED) is 0.509. The zero-order chi connectivity index (χ0) is 14.7. The van der Waals surface area contributed by atoms with Gasteiger partial charge >= 0.3 is 0 Å². The van der Waals surface area contributed by atoms with Gasteiger partial charge in [-0.05, 0) is 30.7 Å². The van der Waals surface area contributed by atoms with Gasteiger partial charge in [0, 0.05) is 17.3 Å². The van der Waals surface area contributed by atoms with Crippen LogP contribution in [0.1, 0.15) is 15.9 Å². The molecule has 0 atom stereocenters. The minimum absolute atomic E-state index is 0.152. The number of nitrogens with two attached hydrogens (primary N) is 1. The van der Waals surface area contributed by atoms with Crippen LogP contribution in [-0.2, 0) is 0 Å². The topological polar surface area (TPSA) is 98.3 Å². The maximum atomic E-state index is 12.1. The number of nitro benzene ring substituents is 1. The summed E-state index contributed by atoms with van der Waals surface area (Å²) < 4.78 is 0. The molecule has 0 heterocycles. The number of amides is 1. The van der Waals surface area contributed by atoms with Crippen molar-refractivity contribution in [1.82, 2.24) is 0 Å². The highest BCUT2D eigenvalue weighted by molar-refractivity contribution is 6.05. The first-order valence-corrected chi connectivity index (χ1v) is 5.90. The van der Waals surface area contributed by atoms with Crippen molar-refractivity contribution in [1.29, 1.82) is 0 Å². The fraction of sp³-hybridized carbons (Fsp3) is 0.0714. The lowest BCUT2D eigenvalue weighted by molar-refractivity contribution is -0.383. The molecule has 2 aromatic rings. The SMILES string of the molecule is Cc1ccc(C(=O)Nc2ccccc2[N+](=O)[O-])cc1N. The lowest BCUT2D eigenvalue weighted by atomic mass is 10.1. The van der Waals surface area contributed by atoms with Crippen molar-refractivity contribution >= 4 is 23.0 Å². The van der Waals surface area contributed by atoms with Gasteiger partial charge in [-0.3, -0.25) is 14.9 Å². The van der Waals surface area contributed by atoms with E-state index < -0.39 is 10.8 Å². The second-order valence-electron chi connectivity index (χ2n) is 4.30. The van der Waals surface area contributed by atoms with Gasteiger partial charge in [0.25, 0.3) is 11.6 Å². The number of carbonyl (C=O) groups excluding carboxylic acids is 1. The smallest absolute Gasteiger partial charge is 0.292 e. The van der Waals surface area contributed by atoms with Crippen molar-refractivity contribution in [2.24, 2.45) is 0 Å². The summed E-state index contributed by atoms with van der Waals surface area (Å²) in [7, 11) is 0. The zero-order valence-electron chi connectivity index (χ0n) is 10.8. The van der Waals surface area contributed by atoms with Gasteiger partial charge < -0.3 is 11.1 Å². The number of nitro groups is 1. The number of hydrogen-bond acceptors (Lipinski definition) is 4. The van der Waals surface area contributed by atoms with Gasteiger partial charge in [-0.2, -0.15) is 0 Å². The van der Waals surface area contributed by atoms with Gasteiger partial charge in [0.1, 0.15) is 5.69 Å². The van der Waals surface area contributed by atoms with Crippen LogP contribution in [0, 0.1) is 17.0 Å². The highest BCUT2D eigenvalue weighted by Gasteiger charge is 2.15. The summed E-state index contributed by atoms with van der Waals surface area (Å²) in [6, 6.07) is 10.9. The van der Waals surface area contributed by atoms with Crippen molar-refractivity contribution in [3.05, 3.63) is 63.7 Å². The largest absolute Gasteiger partial charge is 0.398 e. The molecule has 0 aromatic heterocycles. The first-order chi connectivity index (χ1) is 9.49. The Morgan fingerprint density at radius 1 is 1.25 bits per heavy atom. The highest BCUT2D eigenvalue weighted by Crippen LogP contribution is 2.24. The fourth-order valence-electron chi connectivity index (χ4n) is 1.71. The molecule has 2 rings (SSSR count). The molecule has 6 heteroatoms. The monoisotopic (exact) mass is 271 g/mol. The second kappa shape index (κ2) is 5.40. The Labute approximate surface area is 115 Å². The van der Waals surface area contributed by atoms with Gasteiger partial charge in [-0.1, -0.05) is 18.2 Å². The molecule has 1 amide bonds. The van der Waals surface area contributed by atoms with Crippen LogP contribution < -0.4 is 11.1 Å². The van der Waals surface area contributed by atoms with Gasteiger partial charge in [0.05, 0.1) is 4.92 Å². The molecule has 0 saturated heterocycles. The number of rotatable bonds is 3. The van der Waals surface area contributed by atoms with E-state index in [1.165, 1.54) is 18.2 Å². The van der Waals surface area contributed by atoms with E-state index in [4.69, 9.17) is 5.73 Å². The Hall–Kier alpha value is -2.89. The van der Waals surface area contributed by atoms with E-state index >= 15 is 0 Å². The summed E-state index contributed by atoms with van der Waals surface area (Å²) in [6.45, 7) is 1.83. The molecule has 102 valence electrons.